The van der Waals surface area contributed by atoms with E-state index in [1.54, 1.807) is 12.1 Å². The average Bonchev–Trinajstić information content (AvgIpc) is 2.18. The van der Waals surface area contributed by atoms with Crippen molar-refractivity contribution in [3.63, 3.8) is 0 Å². The third kappa shape index (κ3) is 3.51. The minimum absolute atomic E-state index is 0.0432. The van der Waals surface area contributed by atoms with Crippen molar-refractivity contribution < 1.29 is 14.7 Å². The quantitative estimate of drug-likeness (QED) is 0.492. The molecule has 0 bridgehead atoms. The van der Waals surface area contributed by atoms with Crippen LogP contribution in [0.3, 0.4) is 0 Å². The van der Waals surface area contributed by atoms with Gasteiger partial charge in [-0.3, -0.25) is 9.59 Å². The average molecular weight is 206 g/mol. The van der Waals surface area contributed by atoms with Crippen LogP contribution in [-0.2, 0) is 9.59 Å². The van der Waals surface area contributed by atoms with Gasteiger partial charge in [0.05, 0.1) is 5.69 Å². The number of phenolic OH excluding ortho intramolecular Hbond substituents is 1. The van der Waals surface area contributed by atoms with E-state index in [2.05, 4.69) is 5.32 Å². The first-order valence-corrected chi connectivity index (χ1v) is 4.16. The number of nitrogens with one attached hydrogen (secondary N) is 1. The van der Waals surface area contributed by atoms with Crippen molar-refractivity contribution in [3.8, 4) is 5.75 Å². The summed E-state index contributed by atoms with van der Waals surface area (Å²) >= 11 is 0. The maximum Gasteiger partial charge on any atom is 0.248 e. The molecule has 0 saturated heterocycles. The van der Waals surface area contributed by atoms with Crippen LogP contribution in [0.1, 0.15) is 0 Å². The number of rotatable bonds is 3. The van der Waals surface area contributed by atoms with E-state index in [1.807, 2.05) is 0 Å². The SMILES string of the molecule is NC(=O)C=CC(=O)Nc1ccccc1O. The van der Waals surface area contributed by atoms with Gasteiger partial charge in [0.1, 0.15) is 5.75 Å². The van der Waals surface area contributed by atoms with Crippen molar-refractivity contribution in [3.05, 3.63) is 36.4 Å². The van der Waals surface area contributed by atoms with Crippen molar-refractivity contribution in [1.29, 1.82) is 0 Å². The Balaban J connectivity index is 2.67. The van der Waals surface area contributed by atoms with E-state index in [4.69, 9.17) is 5.73 Å². The summed E-state index contributed by atoms with van der Waals surface area (Å²) in [4.78, 5) is 21.5. The number of benzene rings is 1. The molecule has 2 amide bonds. The van der Waals surface area contributed by atoms with Gasteiger partial charge in [0, 0.05) is 12.2 Å². The lowest BCUT2D eigenvalue weighted by molar-refractivity contribution is -0.115. The molecule has 0 spiro atoms. The number of para-hydroxylation sites is 2. The van der Waals surface area contributed by atoms with E-state index in [0.29, 0.717) is 0 Å². The summed E-state index contributed by atoms with van der Waals surface area (Å²) in [6.45, 7) is 0. The fourth-order valence-electron chi connectivity index (χ4n) is 0.912. The molecule has 0 radical (unpaired) electrons. The van der Waals surface area contributed by atoms with Crippen molar-refractivity contribution in [2.24, 2.45) is 5.73 Å². The number of hydrogen-bond donors (Lipinski definition) is 3. The third-order valence-electron chi connectivity index (χ3n) is 1.56. The standard InChI is InChI=1S/C10H10N2O3/c11-9(14)5-6-10(15)12-7-3-1-2-4-8(7)13/h1-6,13H,(H2,11,14)(H,12,15). The van der Waals surface area contributed by atoms with E-state index >= 15 is 0 Å². The molecular formula is C10H10N2O3. The fraction of sp³-hybridized carbons (Fsp3) is 0. The summed E-state index contributed by atoms with van der Waals surface area (Å²) in [7, 11) is 0. The molecule has 0 aliphatic rings. The van der Waals surface area contributed by atoms with Crippen LogP contribution in [0.4, 0.5) is 5.69 Å². The van der Waals surface area contributed by atoms with Gasteiger partial charge in [-0.1, -0.05) is 12.1 Å². The Hall–Kier alpha value is -2.30. The highest BCUT2D eigenvalue weighted by atomic mass is 16.3. The summed E-state index contributed by atoms with van der Waals surface area (Å²) < 4.78 is 0. The summed E-state index contributed by atoms with van der Waals surface area (Å²) in [6, 6.07) is 6.26. The Morgan fingerprint density at radius 2 is 1.93 bits per heavy atom. The maximum atomic E-state index is 11.2. The minimum Gasteiger partial charge on any atom is -0.506 e. The Kier molecular flexibility index (Phi) is 3.45. The van der Waals surface area contributed by atoms with Gasteiger partial charge >= 0.3 is 0 Å². The summed E-state index contributed by atoms with van der Waals surface area (Å²) in [6.07, 6.45) is 1.93. The molecule has 5 nitrogen and oxygen atoms in total. The lowest BCUT2D eigenvalue weighted by Crippen LogP contribution is -2.11. The molecule has 0 aromatic heterocycles. The first-order valence-electron chi connectivity index (χ1n) is 4.16. The zero-order valence-electron chi connectivity index (χ0n) is 7.81. The molecule has 0 atom stereocenters. The molecule has 0 saturated carbocycles. The number of anilines is 1. The number of phenols is 1. The van der Waals surface area contributed by atoms with Crippen LogP contribution in [0.15, 0.2) is 36.4 Å². The van der Waals surface area contributed by atoms with Crippen LogP contribution in [0.5, 0.6) is 5.75 Å². The van der Waals surface area contributed by atoms with Gasteiger partial charge in [-0.25, -0.2) is 0 Å². The van der Waals surface area contributed by atoms with Gasteiger partial charge < -0.3 is 16.2 Å². The number of hydrogen-bond acceptors (Lipinski definition) is 3. The van der Waals surface area contributed by atoms with E-state index in [1.165, 1.54) is 12.1 Å². The van der Waals surface area contributed by atoms with Crippen LogP contribution >= 0.6 is 0 Å². The highest BCUT2D eigenvalue weighted by molar-refractivity contribution is 6.03. The molecule has 1 aromatic rings. The number of primary amides is 1. The van der Waals surface area contributed by atoms with Crippen LogP contribution in [-0.4, -0.2) is 16.9 Å². The molecule has 0 unspecified atom stereocenters. The first kappa shape index (κ1) is 10.8. The van der Waals surface area contributed by atoms with Crippen LogP contribution in [0, 0.1) is 0 Å². The second-order valence-corrected chi connectivity index (χ2v) is 2.74. The molecule has 5 heteroatoms. The van der Waals surface area contributed by atoms with Crippen LogP contribution < -0.4 is 11.1 Å². The zero-order chi connectivity index (χ0) is 11.3. The lowest BCUT2D eigenvalue weighted by Gasteiger charge is -2.03. The first-order chi connectivity index (χ1) is 7.09. The van der Waals surface area contributed by atoms with Gasteiger partial charge in [-0.2, -0.15) is 0 Å². The van der Waals surface area contributed by atoms with Crippen molar-refractivity contribution in [2.75, 3.05) is 5.32 Å². The molecule has 0 aliphatic carbocycles. The number of nitrogens with two attached hydrogens (primary N) is 1. The molecule has 4 N–H and O–H groups in total. The number of carbonyl (C=O) groups is 2. The van der Waals surface area contributed by atoms with Gasteiger partial charge in [0.2, 0.25) is 11.8 Å². The van der Waals surface area contributed by atoms with Crippen LogP contribution in [0.2, 0.25) is 0 Å². The van der Waals surface area contributed by atoms with Crippen molar-refractivity contribution in [2.45, 2.75) is 0 Å². The monoisotopic (exact) mass is 206 g/mol. The summed E-state index contributed by atoms with van der Waals surface area (Å²) in [5, 5.41) is 11.7. The smallest absolute Gasteiger partial charge is 0.248 e. The lowest BCUT2D eigenvalue weighted by atomic mass is 10.3. The van der Waals surface area contributed by atoms with Gasteiger partial charge in [-0.15, -0.1) is 0 Å². The normalized spacial score (nSPS) is 10.1. The Morgan fingerprint density at radius 3 is 2.53 bits per heavy atom. The largest absolute Gasteiger partial charge is 0.506 e. The predicted molar refractivity (Wildman–Crippen MR) is 55.1 cm³/mol. The second kappa shape index (κ2) is 4.80. The second-order valence-electron chi connectivity index (χ2n) is 2.74. The van der Waals surface area contributed by atoms with E-state index in [9.17, 15) is 14.7 Å². The molecule has 15 heavy (non-hydrogen) atoms. The topological polar surface area (TPSA) is 92.4 Å². The highest BCUT2D eigenvalue weighted by Crippen LogP contribution is 2.21. The Morgan fingerprint density at radius 1 is 1.27 bits per heavy atom. The van der Waals surface area contributed by atoms with Crippen molar-refractivity contribution >= 4 is 17.5 Å². The van der Waals surface area contributed by atoms with E-state index in [-0.39, 0.29) is 11.4 Å². The molecular weight excluding hydrogens is 196 g/mol. The molecule has 1 rings (SSSR count). The summed E-state index contributed by atoms with van der Waals surface area (Å²) in [5.74, 6) is -1.28. The molecule has 0 fully saturated rings. The molecule has 0 aliphatic heterocycles. The van der Waals surface area contributed by atoms with Crippen LogP contribution in [0.25, 0.3) is 0 Å². The van der Waals surface area contributed by atoms with Gasteiger partial charge in [-0.05, 0) is 12.1 Å². The fourth-order valence-corrected chi connectivity index (χ4v) is 0.912. The zero-order valence-corrected chi connectivity index (χ0v) is 7.81. The van der Waals surface area contributed by atoms with Gasteiger partial charge in [0.15, 0.2) is 0 Å². The molecule has 1 aromatic carbocycles. The Labute approximate surface area is 86.2 Å². The third-order valence-corrected chi connectivity index (χ3v) is 1.56. The molecule has 0 heterocycles. The number of aromatic hydroxyl groups is 1. The van der Waals surface area contributed by atoms with Gasteiger partial charge in [0.25, 0.3) is 0 Å². The number of carbonyl (C=O) groups excluding carboxylic acids is 2. The van der Waals surface area contributed by atoms with E-state index in [0.717, 1.165) is 12.2 Å². The number of amides is 2. The van der Waals surface area contributed by atoms with Crippen molar-refractivity contribution in [1.82, 2.24) is 0 Å². The maximum absolute atomic E-state index is 11.2. The summed E-state index contributed by atoms with van der Waals surface area (Å²) in [5.41, 5.74) is 5.08. The highest BCUT2D eigenvalue weighted by Gasteiger charge is 2.01. The molecule has 78 valence electrons. The van der Waals surface area contributed by atoms with E-state index < -0.39 is 11.8 Å². The Bertz CT molecular complexity index is 413. The minimum atomic E-state index is -0.706. The predicted octanol–water partition coefficient (Wildman–Crippen LogP) is 0.372.